The van der Waals surface area contributed by atoms with Gasteiger partial charge >= 0.3 is 11.7 Å². The third kappa shape index (κ3) is 2.66. The molecule has 0 aliphatic heterocycles. The number of ether oxygens (including phenoxy) is 1. The van der Waals surface area contributed by atoms with Crippen LogP contribution in [0, 0.1) is 0 Å². The van der Waals surface area contributed by atoms with Crippen LogP contribution >= 0.6 is 11.8 Å². The molecule has 3 N–H and O–H groups in total. The predicted molar refractivity (Wildman–Crippen MR) is 77.4 cm³/mol. The van der Waals surface area contributed by atoms with Crippen molar-refractivity contribution < 1.29 is 9.53 Å². The average Bonchev–Trinajstić information content (AvgIpc) is 3.24. The number of nitrogens with two attached hydrogens (primary N) is 1. The maximum absolute atomic E-state index is 11.7. The van der Waals surface area contributed by atoms with E-state index < -0.39 is 5.97 Å². The van der Waals surface area contributed by atoms with E-state index in [1.165, 1.54) is 18.9 Å². The van der Waals surface area contributed by atoms with Gasteiger partial charge < -0.3 is 10.5 Å². The number of methoxy groups -OCH3 is 1. The third-order valence-corrected chi connectivity index (χ3v) is 4.28. The zero-order valence-electron chi connectivity index (χ0n) is 11.3. The highest BCUT2D eigenvalue weighted by Crippen LogP contribution is 2.38. The fraction of sp³-hybridized carbons (Fsp3) is 0.308. The first-order valence-corrected chi connectivity index (χ1v) is 7.24. The summed E-state index contributed by atoms with van der Waals surface area (Å²) < 4.78 is 6.30. The van der Waals surface area contributed by atoms with E-state index in [9.17, 15) is 9.59 Å². The standard InChI is InChI=1S/C13H14N4O3S/c1-20-11(18)7-2-5-10(9(14)6-7)21-13-16-15-12(19)17(13)8-3-4-8/h2,5-6,8H,3-4,14H2,1H3,(H,15,19). The van der Waals surface area contributed by atoms with Crippen LogP contribution in [0.3, 0.4) is 0 Å². The molecule has 0 unspecified atom stereocenters. The second kappa shape index (κ2) is 5.28. The fourth-order valence-corrected chi connectivity index (χ4v) is 2.93. The van der Waals surface area contributed by atoms with Gasteiger partial charge in [0.25, 0.3) is 0 Å². The average molecular weight is 306 g/mol. The zero-order valence-corrected chi connectivity index (χ0v) is 12.1. The number of esters is 1. The number of rotatable bonds is 4. The first-order chi connectivity index (χ1) is 10.1. The van der Waals surface area contributed by atoms with Gasteiger partial charge in [-0.25, -0.2) is 14.7 Å². The van der Waals surface area contributed by atoms with Gasteiger partial charge in [-0.3, -0.25) is 4.57 Å². The Bertz CT molecular complexity index is 748. The minimum absolute atomic E-state index is 0.204. The van der Waals surface area contributed by atoms with Gasteiger partial charge in [0.1, 0.15) is 0 Å². The fourth-order valence-electron chi connectivity index (χ4n) is 2.00. The molecule has 2 aromatic rings. The molecule has 1 fully saturated rings. The molecule has 0 radical (unpaired) electrons. The lowest BCUT2D eigenvalue weighted by Gasteiger charge is -2.07. The topological polar surface area (TPSA) is 103 Å². The lowest BCUT2D eigenvalue weighted by molar-refractivity contribution is 0.0600. The molecule has 0 bridgehead atoms. The van der Waals surface area contributed by atoms with E-state index in [1.807, 2.05) is 0 Å². The molecular formula is C13H14N4O3S. The molecule has 1 aliphatic rings. The molecule has 0 saturated heterocycles. The number of nitrogens with one attached hydrogen (secondary N) is 1. The van der Waals surface area contributed by atoms with Crippen molar-refractivity contribution in [2.75, 3.05) is 12.8 Å². The van der Waals surface area contributed by atoms with Gasteiger partial charge in [0.2, 0.25) is 0 Å². The van der Waals surface area contributed by atoms with Gasteiger partial charge in [0.15, 0.2) is 5.16 Å². The Hall–Kier alpha value is -2.22. The number of H-pyrrole nitrogens is 1. The molecule has 1 aromatic heterocycles. The normalized spacial score (nSPS) is 14.1. The second-order valence-corrected chi connectivity index (χ2v) is 5.77. The SMILES string of the molecule is COC(=O)c1ccc(Sc2n[nH]c(=O)n2C2CC2)c(N)c1. The van der Waals surface area contributed by atoms with Gasteiger partial charge in [0, 0.05) is 16.6 Å². The highest BCUT2D eigenvalue weighted by Gasteiger charge is 2.29. The monoisotopic (exact) mass is 306 g/mol. The molecule has 1 aliphatic carbocycles. The highest BCUT2D eigenvalue weighted by atomic mass is 32.2. The summed E-state index contributed by atoms with van der Waals surface area (Å²) in [4.78, 5) is 23.9. The van der Waals surface area contributed by atoms with E-state index >= 15 is 0 Å². The molecule has 21 heavy (non-hydrogen) atoms. The predicted octanol–water partition coefficient (Wildman–Crippen LogP) is 1.43. The van der Waals surface area contributed by atoms with Crippen molar-refractivity contribution in [3.8, 4) is 0 Å². The molecule has 3 rings (SSSR count). The summed E-state index contributed by atoms with van der Waals surface area (Å²) in [6.07, 6.45) is 1.98. The Morgan fingerprint density at radius 2 is 2.29 bits per heavy atom. The number of hydrogen-bond donors (Lipinski definition) is 2. The Balaban J connectivity index is 1.88. The van der Waals surface area contributed by atoms with Crippen molar-refractivity contribution in [3.05, 3.63) is 34.2 Å². The number of carbonyl (C=O) groups excluding carboxylic acids is 1. The van der Waals surface area contributed by atoms with E-state index in [0.29, 0.717) is 16.4 Å². The first-order valence-electron chi connectivity index (χ1n) is 6.42. The van der Waals surface area contributed by atoms with Gasteiger partial charge in [0.05, 0.1) is 12.7 Å². The van der Waals surface area contributed by atoms with Gasteiger partial charge in [-0.05, 0) is 42.8 Å². The molecule has 1 aromatic carbocycles. The Kier molecular flexibility index (Phi) is 3.46. The van der Waals surface area contributed by atoms with Crippen LogP contribution in [0.15, 0.2) is 33.0 Å². The van der Waals surface area contributed by atoms with E-state index in [-0.39, 0.29) is 11.7 Å². The number of nitrogens with zero attached hydrogens (tertiary/aromatic N) is 2. The summed E-state index contributed by atoms with van der Waals surface area (Å²) >= 11 is 1.30. The molecule has 1 heterocycles. The zero-order chi connectivity index (χ0) is 15.0. The first kappa shape index (κ1) is 13.7. The number of hydrogen-bond acceptors (Lipinski definition) is 6. The van der Waals surface area contributed by atoms with E-state index in [4.69, 9.17) is 5.73 Å². The van der Waals surface area contributed by atoms with Crippen LogP contribution in [0.2, 0.25) is 0 Å². The van der Waals surface area contributed by atoms with Crippen molar-refractivity contribution in [3.63, 3.8) is 0 Å². The van der Waals surface area contributed by atoms with Gasteiger partial charge in [-0.1, -0.05) is 0 Å². The Labute approximate surface area is 124 Å². The van der Waals surface area contributed by atoms with Crippen LogP contribution in [0.4, 0.5) is 5.69 Å². The second-order valence-electron chi connectivity index (χ2n) is 4.76. The van der Waals surface area contributed by atoms with E-state index in [2.05, 4.69) is 14.9 Å². The molecular weight excluding hydrogens is 292 g/mol. The lowest BCUT2D eigenvalue weighted by Crippen LogP contribution is -2.16. The summed E-state index contributed by atoms with van der Waals surface area (Å²) in [6.45, 7) is 0. The van der Waals surface area contributed by atoms with Crippen molar-refractivity contribution in [2.24, 2.45) is 0 Å². The number of nitrogen functional groups attached to an aromatic ring is 1. The largest absolute Gasteiger partial charge is 0.465 e. The molecule has 0 spiro atoms. The van der Waals surface area contributed by atoms with Gasteiger partial charge in [-0.15, -0.1) is 5.10 Å². The van der Waals surface area contributed by atoms with Crippen molar-refractivity contribution in [1.82, 2.24) is 14.8 Å². The number of aromatic nitrogens is 3. The maximum atomic E-state index is 11.7. The van der Waals surface area contributed by atoms with Crippen molar-refractivity contribution >= 4 is 23.4 Å². The molecule has 0 atom stereocenters. The highest BCUT2D eigenvalue weighted by molar-refractivity contribution is 7.99. The maximum Gasteiger partial charge on any atom is 0.344 e. The lowest BCUT2D eigenvalue weighted by atomic mass is 10.2. The summed E-state index contributed by atoms with van der Waals surface area (Å²) in [5.41, 5.74) is 6.59. The minimum atomic E-state index is -0.437. The van der Waals surface area contributed by atoms with Crippen LogP contribution < -0.4 is 11.4 Å². The number of benzene rings is 1. The molecule has 1 saturated carbocycles. The summed E-state index contributed by atoms with van der Waals surface area (Å²) in [7, 11) is 1.32. The van der Waals surface area contributed by atoms with Crippen molar-refractivity contribution in [1.29, 1.82) is 0 Å². The van der Waals surface area contributed by atoms with Crippen LogP contribution in [0.5, 0.6) is 0 Å². The Morgan fingerprint density at radius 1 is 1.52 bits per heavy atom. The Morgan fingerprint density at radius 3 is 2.90 bits per heavy atom. The number of carbonyl (C=O) groups is 1. The van der Waals surface area contributed by atoms with Gasteiger partial charge in [-0.2, -0.15) is 0 Å². The summed E-state index contributed by atoms with van der Waals surface area (Å²) in [5.74, 6) is -0.437. The quantitative estimate of drug-likeness (QED) is 0.654. The van der Waals surface area contributed by atoms with Crippen LogP contribution in [-0.2, 0) is 4.74 Å². The molecule has 8 heteroatoms. The summed E-state index contributed by atoms with van der Waals surface area (Å²) in [5, 5.41) is 7.07. The minimum Gasteiger partial charge on any atom is -0.465 e. The molecule has 0 amide bonds. The van der Waals surface area contributed by atoms with E-state index in [1.54, 1.807) is 22.8 Å². The van der Waals surface area contributed by atoms with Crippen LogP contribution in [0.25, 0.3) is 0 Å². The van der Waals surface area contributed by atoms with Crippen LogP contribution in [0.1, 0.15) is 29.2 Å². The van der Waals surface area contributed by atoms with Crippen molar-refractivity contribution in [2.45, 2.75) is 28.9 Å². The smallest absolute Gasteiger partial charge is 0.344 e. The van der Waals surface area contributed by atoms with E-state index in [0.717, 1.165) is 17.7 Å². The van der Waals surface area contributed by atoms with Crippen LogP contribution in [-0.4, -0.2) is 27.8 Å². The number of aromatic amines is 1. The molecule has 110 valence electrons. The molecule has 7 nitrogen and oxygen atoms in total. The summed E-state index contributed by atoms with van der Waals surface area (Å²) in [6, 6.07) is 5.15. The third-order valence-electron chi connectivity index (χ3n) is 3.22. The number of anilines is 1.